The standard InChI is InChI=1S/C19H20N6/c1-14-4-6-15(7-5-14)11-25-19(17-10-21-24(3)13-17)8-18(22-25)16-9-20-23(2)12-16/h4-10,12-13H,11H2,1-3H3. The maximum Gasteiger partial charge on any atom is 0.0961 e. The van der Waals surface area contributed by atoms with E-state index in [1.807, 2.05) is 48.2 Å². The first-order chi connectivity index (χ1) is 12.1. The molecule has 4 rings (SSSR count). The fourth-order valence-corrected chi connectivity index (χ4v) is 2.88. The molecule has 0 unspecified atom stereocenters. The Morgan fingerprint density at radius 2 is 1.52 bits per heavy atom. The van der Waals surface area contributed by atoms with Crippen LogP contribution in [0.25, 0.3) is 22.5 Å². The third-order valence-corrected chi connectivity index (χ3v) is 4.23. The lowest BCUT2D eigenvalue weighted by atomic mass is 10.1. The van der Waals surface area contributed by atoms with Gasteiger partial charge < -0.3 is 0 Å². The van der Waals surface area contributed by atoms with Crippen LogP contribution >= 0.6 is 0 Å². The van der Waals surface area contributed by atoms with E-state index in [-0.39, 0.29) is 0 Å². The number of hydrogen-bond donors (Lipinski definition) is 0. The molecule has 1 aromatic carbocycles. The van der Waals surface area contributed by atoms with E-state index in [0.717, 1.165) is 22.5 Å². The molecule has 0 N–H and O–H groups in total. The van der Waals surface area contributed by atoms with E-state index in [2.05, 4.69) is 47.5 Å². The Hall–Kier alpha value is -3.15. The average molecular weight is 332 g/mol. The van der Waals surface area contributed by atoms with Gasteiger partial charge in [-0.3, -0.25) is 14.0 Å². The van der Waals surface area contributed by atoms with Crippen molar-refractivity contribution >= 4 is 0 Å². The van der Waals surface area contributed by atoms with Gasteiger partial charge in [-0.15, -0.1) is 0 Å². The van der Waals surface area contributed by atoms with Crippen LogP contribution in [0, 0.1) is 6.92 Å². The zero-order valence-corrected chi connectivity index (χ0v) is 14.6. The van der Waals surface area contributed by atoms with Crippen LogP contribution in [0.2, 0.25) is 0 Å². The molecule has 6 nitrogen and oxygen atoms in total. The highest BCUT2D eigenvalue weighted by atomic mass is 15.3. The molecule has 0 aliphatic carbocycles. The largest absolute Gasteiger partial charge is 0.275 e. The first-order valence-electron chi connectivity index (χ1n) is 8.20. The monoisotopic (exact) mass is 332 g/mol. The molecule has 0 aliphatic heterocycles. The van der Waals surface area contributed by atoms with Crippen LogP contribution in [-0.4, -0.2) is 29.3 Å². The van der Waals surface area contributed by atoms with Crippen molar-refractivity contribution in [2.75, 3.05) is 0 Å². The van der Waals surface area contributed by atoms with Crippen molar-refractivity contribution in [3.05, 3.63) is 66.2 Å². The van der Waals surface area contributed by atoms with Gasteiger partial charge in [-0.25, -0.2) is 0 Å². The minimum atomic E-state index is 0.713. The van der Waals surface area contributed by atoms with E-state index in [1.54, 1.807) is 4.68 Å². The molecule has 0 saturated heterocycles. The topological polar surface area (TPSA) is 53.5 Å². The summed E-state index contributed by atoms with van der Waals surface area (Å²) >= 11 is 0. The molecular formula is C19H20N6. The minimum Gasteiger partial charge on any atom is -0.275 e. The van der Waals surface area contributed by atoms with Crippen molar-refractivity contribution in [2.45, 2.75) is 13.5 Å². The number of benzene rings is 1. The fourth-order valence-electron chi connectivity index (χ4n) is 2.88. The Balaban J connectivity index is 1.77. The number of hydrogen-bond acceptors (Lipinski definition) is 3. The van der Waals surface area contributed by atoms with Crippen LogP contribution < -0.4 is 0 Å². The van der Waals surface area contributed by atoms with Gasteiger partial charge in [0.2, 0.25) is 0 Å². The van der Waals surface area contributed by atoms with E-state index in [0.29, 0.717) is 6.54 Å². The highest BCUT2D eigenvalue weighted by Crippen LogP contribution is 2.26. The van der Waals surface area contributed by atoms with E-state index in [1.165, 1.54) is 11.1 Å². The van der Waals surface area contributed by atoms with Gasteiger partial charge in [-0.2, -0.15) is 15.3 Å². The molecule has 25 heavy (non-hydrogen) atoms. The summed E-state index contributed by atoms with van der Waals surface area (Å²) in [4.78, 5) is 0. The summed E-state index contributed by atoms with van der Waals surface area (Å²) < 4.78 is 5.63. The molecule has 0 radical (unpaired) electrons. The second kappa shape index (κ2) is 6.05. The lowest BCUT2D eigenvalue weighted by Gasteiger charge is -2.06. The normalized spacial score (nSPS) is 11.2. The predicted molar refractivity (Wildman–Crippen MR) is 96.9 cm³/mol. The summed E-state index contributed by atoms with van der Waals surface area (Å²) in [6, 6.07) is 10.7. The first kappa shape index (κ1) is 15.4. The van der Waals surface area contributed by atoms with Crippen molar-refractivity contribution < 1.29 is 0 Å². The molecule has 126 valence electrons. The van der Waals surface area contributed by atoms with E-state index in [9.17, 15) is 0 Å². The molecule has 0 bridgehead atoms. The molecule has 3 aromatic heterocycles. The van der Waals surface area contributed by atoms with Crippen LogP contribution in [0.5, 0.6) is 0 Å². The van der Waals surface area contributed by atoms with Crippen molar-refractivity contribution in [3.63, 3.8) is 0 Å². The van der Waals surface area contributed by atoms with Gasteiger partial charge in [-0.05, 0) is 18.6 Å². The van der Waals surface area contributed by atoms with Gasteiger partial charge >= 0.3 is 0 Å². The average Bonchev–Trinajstić information content (AvgIpc) is 3.29. The van der Waals surface area contributed by atoms with Crippen molar-refractivity contribution in [3.8, 4) is 22.5 Å². The Kier molecular flexibility index (Phi) is 3.72. The van der Waals surface area contributed by atoms with Gasteiger partial charge in [0.05, 0.1) is 30.3 Å². The SMILES string of the molecule is Cc1ccc(Cn2nc(-c3cnn(C)c3)cc2-c2cnn(C)c2)cc1. The Morgan fingerprint density at radius 3 is 2.12 bits per heavy atom. The first-order valence-corrected chi connectivity index (χ1v) is 8.20. The van der Waals surface area contributed by atoms with Crippen molar-refractivity contribution in [2.24, 2.45) is 14.1 Å². The third kappa shape index (κ3) is 3.10. The number of aryl methyl sites for hydroxylation is 3. The molecule has 6 heteroatoms. The lowest BCUT2D eigenvalue weighted by molar-refractivity contribution is 0.696. The number of rotatable bonds is 4. The van der Waals surface area contributed by atoms with Gasteiger partial charge in [0.15, 0.2) is 0 Å². The molecule has 0 amide bonds. The van der Waals surface area contributed by atoms with Gasteiger partial charge in [0, 0.05) is 37.6 Å². The highest BCUT2D eigenvalue weighted by Gasteiger charge is 2.14. The van der Waals surface area contributed by atoms with Crippen LogP contribution in [0.1, 0.15) is 11.1 Å². The summed E-state index contributed by atoms with van der Waals surface area (Å²) in [5, 5.41) is 13.4. The molecule has 0 fully saturated rings. The maximum absolute atomic E-state index is 4.82. The van der Waals surface area contributed by atoms with Crippen LogP contribution in [-0.2, 0) is 20.6 Å². The molecule has 0 saturated carbocycles. The fraction of sp³-hybridized carbons (Fsp3) is 0.211. The van der Waals surface area contributed by atoms with E-state index < -0.39 is 0 Å². The Bertz CT molecular complexity index is 1000. The molecular weight excluding hydrogens is 312 g/mol. The van der Waals surface area contributed by atoms with Crippen LogP contribution in [0.3, 0.4) is 0 Å². The summed E-state index contributed by atoms with van der Waals surface area (Å²) in [5.41, 5.74) is 6.50. The van der Waals surface area contributed by atoms with Crippen LogP contribution in [0.15, 0.2) is 55.1 Å². The molecule has 0 aliphatic rings. The molecule has 3 heterocycles. The third-order valence-electron chi connectivity index (χ3n) is 4.23. The maximum atomic E-state index is 4.82. The van der Waals surface area contributed by atoms with Gasteiger partial charge in [0.25, 0.3) is 0 Å². The summed E-state index contributed by atoms with van der Waals surface area (Å²) in [7, 11) is 3.83. The van der Waals surface area contributed by atoms with E-state index in [4.69, 9.17) is 5.10 Å². The van der Waals surface area contributed by atoms with Gasteiger partial charge in [-0.1, -0.05) is 29.8 Å². The summed E-state index contributed by atoms with van der Waals surface area (Å²) in [6.45, 7) is 2.81. The molecule has 4 aromatic rings. The second-order valence-corrected chi connectivity index (χ2v) is 6.36. The minimum absolute atomic E-state index is 0.713. The predicted octanol–water partition coefficient (Wildman–Crippen LogP) is 3.04. The van der Waals surface area contributed by atoms with Gasteiger partial charge in [0.1, 0.15) is 0 Å². The lowest BCUT2D eigenvalue weighted by Crippen LogP contribution is -2.03. The summed E-state index contributed by atoms with van der Waals surface area (Å²) in [6.07, 6.45) is 7.70. The van der Waals surface area contributed by atoms with E-state index >= 15 is 0 Å². The number of nitrogens with zero attached hydrogens (tertiary/aromatic N) is 6. The second-order valence-electron chi connectivity index (χ2n) is 6.36. The smallest absolute Gasteiger partial charge is 0.0961 e. The van der Waals surface area contributed by atoms with Crippen molar-refractivity contribution in [1.82, 2.24) is 29.3 Å². The Labute approximate surface area is 146 Å². The zero-order chi connectivity index (χ0) is 17.4. The quantitative estimate of drug-likeness (QED) is 0.577. The zero-order valence-electron chi connectivity index (χ0n) is 14.6. The summed E-state index contributed by atoms with van der Waals surface area (Å²) in [5.74, 6) is 0. The van der Waals surface area contributed by atoms with Crippen LogP contribution in [0.4, 0.5) is 0 Å². The molecule has 0 atom stereocenters. The Morgan fingerprint density at radius 1 is 0.880 bits per heavy atom. The number of aromatic nitrogens is 6. The van der Waals surface area contributed by atoms with Crippen molar-refractivity contribution in [1.29, 1.82) is 0 Å². The highest BCUT2D eigenvalue weighted by molar-refractivity contribution is 5.67. The molecule has 0 spiro atoms.